The smallest absolute Gasteiger partial charge is 0.303 e. The van der Waals surface area contributed by atoms with Gasteiger partial charge in [-0.15, -0.1) is 0 Å². The maximum atomic E-state index is 10.9. The van der Waals surface area contributed by atoms with E-state index in [1.165, 1.54) is 18.7 Å². The fourth-order valence-corrected chi connectivity index (χ4v) is 3.01. The number of rotatable bonds is 3. The maximum Gasteiger partial charge on any atom is 0.303 e. The van der Waals surface area contributed by atoms with Crippen molar-refractivity contribution in [3.05, 3.63) is 41.4 Å². The standard InChI is InChI=1S/C14H15ClO3S/c1-9-12(18-10(2)16)7-8-14(17-9)19-13-6-4-3-5-11(13)15/h3-9,12,14H,1-2H3/t9-,12+,14?/m0/s1. The predicted molar refractivity (Wildman–Crippen MR) is 76.3 cm³/mol. The summed E-state index contributed by atoms with van der Waals surface area (Å²) in [6.45, 7) is 3.28. The summed E-state index contributed by atoms with van der Waals surface area (Å²) >= 11 is 7.64. The van der Waals surface area contributed by atoms with Crippen molar-refractivity contribution in [1.82, 2.24) is 0 Å². The molecule has 5 heteroatoms. The zero-order valence-corrected chi connectivity index (χ0v) is 12.3. The highest BCUT2D eigenvalue weighted by atomic mass is 35.5. The van der Waals surface area contributed by atoms with Crippen molar-refractivity contribution >= 4 is 29.3 Å². The van der Waals surface area contributed by atoms with Crippen LogP contribution >= 0.6 is 23.4 Å². The van der Waals surface area contributed by atoms with Crippen molar-refractivity contribution in [3.63, 3.8) is 0 Å². The molecule has 0 amide bonds. The molecule has 0 radical (unpaired) electrons. The molecule has 1 aliphatic rings. The first-order valence-corrected chi connectivity index (χ1v) is 7.24. The Hall–Kier alpha value is -0.970. The van der Waals surface area contributed by atoms with Crippen LogP contribution in [-0.2, 0) is 14.3 Å². The van der Waals surface area contributed by atoms with Gasteiger partial charge in [-0.25, -0.2) is 0 Å². The van der Waals surface area contributed by atoms with Crippen LogP contribution in [0.3, 0.4) is 0 Å². The first-order valence-electron chi connectivity index (χ1n) is 5.98. The van der Waals surface area contributed by atoms with Crippen LogP contribution in [0.25, 0.3) is 0 Å². The molecule has 0 saturated carbocycles. The van der Waals surface area contributed by atoms with Crippen molar-refractivity contribution < 1.29 is 14.3 Å². The number of thioether (sulfide) groups is 1. The van der Waals surface area contributed by atoms with E-state index in [1.54, 1.807) is 0 Å². The Morgan fingerprint density at radius 2 is 2.11 bits per heavy atom. The van der Waals surface area contributed by atoms with Gasteiger partial charge in [0.15, 0.2) is 0 Å². The molecule has 3 nitrogen and oxygen atoms in total. The van der Waals surface area contributed by atoms with Crippen LogP contribution in [0.15, 0.2) is 41.3 Å². The fourth-order valence-electron chi connectivity index (χ4n) is 1.75. The summed E-state index contributed by atoms with van der Waals surface area (Å²) in [5.74, 6) is -0.303. The summed E-state index contributed by atoms with van der Waals surface area (Å²) < 4.78 is 10.9. The summed E-state index contributed by atoms with van der Waals surface area (Å²) in [6.07, 6.45) is 3.26. The van der Waals surface area contributed by atoms with Gasteiger partial charge in [-0.1, -0.05) is 35.5 Å². The van der Waals surface area contributed by atoms with Crippen molar-refractivity contribution in [3.8, 4) is 0 Å². The van der Waals surface area contributed by atoms with E-state index in [2.05, 4.69) is 0 Å². The van der Waals surface area contributed by atoms with Gasteiger partial charge in [0.25, 0.3) is 0 Å². The molecule has 1 heterocycles. The molecule has 0 saturated heterocycles. The quantitative estimate of drug-likeness (QED) is 0.630. The van der Waals surface area contributed by atoms with Gasteiger partial charge in [0, 0.05) is 11.8 Å². The second-order valence-corrected chi connectivity index (χ2v) is 5.76. The normalized spacial score (nSPS) is 26.2. The number of hydrogen-bond donors (Lipinski definition) is 0. The molecule has 0 spiro atoms. The lowest BCUT2D eigenvalue weighted by Crippen LogP contribution is -2.34. The molecule has 1 aromatic rings. The Labute approximate surface area is 121 Å². The van der Waals surface area contributed by atoms with E-state index in [0.29, 0.717) is 5.02 Å². The second-order valence-electron chi connectivity index (χ2n) is 4.22. The van der Waals surface area contributed by atoms with E-state index < -0.39 is 0 Å². The number of ether oxygens (including phenoxy) is 2. The maximum absolute atomic E-state index is 10.9. The molecular formula is C14H15ClO3S. The van der Waals surface area contributed by atoms with Crippen molar-refractivity contribution in [2.45, 2.75) is 36.4 Å². The van der Waals surface area contributed by atoms with E-state index in [1.807, 2.05) is 43.3 Å². The minimum Gasteiger partial charge on any atom is -0.456 e. The Balaban J connectivity index is 2.01. The first kappa shape index (κ1) is 14.4. The summed E-state index contributed by atoms with van der Waals surface area (Å²) in [5.41, 5.74) is -0.123. The number of halogens is 1. The molecule has 0 bridgehead atoms. The zero-order chi connectivity index (χ0) is 13.8. The van der Waals surface area contributed by atoms with Gasteiger partial charge < -0.3 is 9.47 Å². The van der Waals surface area contributed by atoms with E-state index in [0.717, 1.165) is 4.90 Å². The highest BCUT2D eigenvalue weighted by Gasteiger charge is 2.26. The number of carbonyl (C=O) groups excluding carboxylic acids is 1. The van der Waals surface area contributed by atoms with E-state index >= 15 is 0 Å². The van der Waals surface area contributed by atoms with Crippen LogP contribution in [0.2, 0.25) is 5.02 Å². The van der Waals surface area contributed by atoms with E-state index in [9.17, 15) is 4.79 Å². The van der Waals surface area contributed by atoms with Gasteiger partial charge >= 0.3 is 5.97 Å². The Kier molecular flexibility index (Phi) is 4.91. The topological polar surface area (TPSA) is 35.5 Å². The largest absolute Gasteiger partial charge is 0.456 e. The number of esters is 1. The third kappa shape index (κ3) is 4.00. The van der Waals surface area contributed by atoms with Gasteiger partial charge in [-0.05, 0) is 31.2 Å². The van der Waals surface area contributed by atoms with E-state index in [4.69, 9.17) is 21.1 Å². The minimum absolute atomic E-state index is 0.123. The molecule has 1 aromatic carbocycles. The highest BCUT2D eigenvalue weighted by Crippen LogP contribution is 2.33. The molecule has 0 N–H and O–H groups in total. The van der Waals surface area contributed by atoms with Gasteiger partial charge in [0.1, 0.15) is 11.5 Å². The van der Waals surface area contributed by atoms with Crippen LogP contribution in [0.1, 0.15) is 13.8 Å². The third-order valence-electron chi connectivity index (χ3n) is 2.65. The van der Waals surface area contributed by atoms with Crippen molar-refractivity contribution in [1.29, 1.82) is 0 Å². The van der Waals surface area contributed by atoms with Crippen LogP contribution in [-0.4, -0.2) is 23.6 Å². The molecule has 19 heavy (non-hydrogen) atoms. The van der Waals surface area contributed by atoms with Crippen LogP contribution < -0.4 is 0 Å². The van der Waals surface area contributed by atoms with Crippen molar-refractivity contribution in [2.75, 3.05) is 0 Å². The zero-order valence-electron chi connectivity index (χ0n) is 10.7. The first-order chi connectivity index (χ1) is 9.06. The summed E-state index contributed by atoms with van der Waals surface area (Å²) in [6, 6.07) is 7.63. The molecule has 1 unspecified atom stereocenters. The van der Waals surface area contributed by atoms with Crippen molar-refractivity contribution in [2.24, 2.45) is 0 Å². The summed E-state index contributed by atoms with van der Waals surface area (Å²) in [4.78, 5) is 11.9. The van der Waals surface area contributed by atoms with Gasteiger partial charge in [0.05, 0.1) is 11.1 Å². The van der Waals surface area contributed by atoms with Crippen LogP contribution in [0.4, 0.5) is 0 Å². The van der Waals surface area contributed by atoms with Gasteiger partial charge in [0.2, 0.25) is 0 Å². The molecule has 3 atom stereocenters. The SMILES string of the molecule is CC(=O)O[C@@H]1C=CC(Sc2ccccc2Cl)O[C@H]1C. The fraction of sp³-hybridized carbons (Fsp3) is 0.357. The van der Waals surface area contributed by atoms with E-state index in [-0.39, 0.29) is 23.6 Å². The number of benzene rings is 1. The summed E-state index contributed by atoms with van der Waals surface area (Å²) in [5, 5.41) is 0.708. The van der Waals surface area contributed by atoms with Gasteiger partial charge in [-0.2, -0.15) is 0 Å². The third-order valence-corrected chi connectivity index (χ3v) is 4.20. The second kappa shape index (κ2) is 6.46. The Bertz CT molecular complexity index is 489. The molecule has 1 aliphatic heterocycles. The van der Waals surface area contributed by atoms with Crippen LogP contribution in [0, 0.1) is 0 Å². The lowest BCUT2D eigenvalue weighted by Gasteiger charge is -2.29. The average molecular weight is 299 g/mol. The monoisotopic (exact) mass is 298 g/mol. The van der Waals surface area contributed by atoms with Crippen LogP contribution in [0.5, 0.6) is 0 Å². The molecule has 0 aliphatic carbocycles. The summed E-state index contributed by atoms with van der Waals surface area (Å²) in [7, 11) is 0. The van der Waals surface area contributed by atoms with Gasteiger partial charge in [-0.3, -0.25) is 4.79 Å². The highest BCUT2D eigenvalue weighted by molar-refractivity contribution is 8.00. The molecule has 2 rings (SSSR count). The Morgan fingerprint density at radius 1 is 1.37 bits per heavy atom. The number of hydrogen-bond acceptors (Lipinski definition) is 4. The molecule has 0 fully saturated rings. The number of carbonyl (C=O) groups is 1. The molecular weight excluding hydrogens is 284 g/mol. The Morgan fingerprint density at radius 3 is 2.74 bits per heavy atom. The predicted octanol–water partition coefficient (Wildman–Crippen LogP) is 3.66. The average Bonchev–Trinajstić information content (AvgIpc) is 2.35. The molecule has 0 aromatic heterocycles. The lowest BCUT2D eigenvalue weighted by atomic mass is 10.2. The molecule has 102 valence electrons. The lowest BCUT2D eigenvalue weighted by molar-refractivity contribution is -0.151. The minimum atomic E-state index is -0.319.